The van der Waals surface area contributed by atoms with Crippen molar-refractivity contribution in [1.82, 2.24) is 0 Å². The minimum atomic E-state index is -0.0748. The van der Waals surface area contributed by atoms with Crippen LogP contribution < -0.4 is 0 Å². The van der Waals surface area contributed by atoms with Crippen LogP contribution in [-0.4, -0.2) is 5.78 Å². The third-order valence-electron chi connectivity index (χ3n) is 2.13. The minimum Gasteiger partial charge on any atom is -0.442 e. The zero-order valence-corrected chi connectivity index (χ0v) is 10.6. The van der Waals surface area contributed by atoms with Gasteiger partial charge in [0.1, 0.15) is 0 Å². The Morgan fingerprint density at radius 1 is 1.19 bits per heavy atom. The first-order valence-electron chi connectivity index (χ1n) is 4.68. The highest BCUT2D eigenvalue weighted by Gasteiger charge is 2.11. The molecule has 4 heteroatoms. The molecule has 0 unspecified atom stereocenters. The largest absolute Gasteiger partial charge is 0.442 e. The number of carbonyl (C=O) groups excluding carboxylic acids is 1. The Morgan fingerprint density at radius 2 is 1.88 bits per heavy atom. The lowest BCUT2D eigenvalue weighted by atomic mass is 10.1. The van der Waals surface area contributed by atoms with E-state index in [0.717, 1.165) is 10.0 Å². The van der Waals surface area contributed by atoms with Crippen LogP contribution in [0, 0.1) is 0 Å². The number of halogens is 2. The molecule has 0 radical (unpaired) electrons. The molecule has 2 aromatic rings. The van der Waals surface area contributed by atoms with Gasteiger partial charge in [-0.15, -0.1) is 0 Å². The zero-order valence-electron chi connectivity index (χ0n) is 8.24. The van der Waals surface area contributed by atoms with E-state index in [4.69, 9.17) is 16.0 Å². The molecule has 0 N–H and O–H groups in total. The lowest BCUT2D eigenvalue weighted by molar-refractivity contribution is 0.0966. The summed E-state index contributed by atoms with van der Waals surface area (Å²) in [7, 11) is 0. The van der Waals surface area contributed by atoms with Crippen molar-refractivity contribution in [3.05, 3.63) is 57.4 Å². The fourth-order valence-corrected chi connectivity index (χ4v) is 1.75. The van der Waals surface area contributed by atoms with E-state index in [1.165, 1.54) is 0 Å². The van der Waals surface area contributed by atoms with Crippen LogP contribution in [0.3, 0.4) is 0 Å². The second-order valence-electron chi connectivity index (χ2n) is 3.33. The standard InChI is InChI=1S/C12H8BrClO2/c13-9-3-1-8(2-4-9)7-10(15)11-5-6-12(14)16-11/h1-6H,7H2. The van der Waals surface area contributed by atoms with Crippen molar-refractivity contribution in [2.75, 3.05) is 0 Å². The van der Waals surface area contributed by atoms with E-state index in [1.54, 1.807) is 12.1 Å². The highest BCUT2D eigenvalue weighted by atomic mass is 79.9. The molecule has 2 nitrogen and oxygen atoms in total. The molecule has 0 amide bonds. The average Bonchev–Trinajstić information content (AvgIpc) is 2.68. The smallest absolute Gasteiger partial charge is 0.202 e. The molecule has 1 heterocycles. The third-order valence-corrected chi connectivity index (χ3v) is 2.86. The number of carbonyl (C=O) groups is 1. The van der Waals surface area contributed by atoms with Gasteiger partial charge >= 0.3 is 0 Å². The van der Waals surface area contributed by atoms with Gasteiger partial charge in [0.15, 0.2) is 11.0 Å². The van der Waals surface area contributed by atoms with Gasteiger partial charge in [-0.1, -0.05) is 28.1 Å². The molecule has 0 atom stereocenters. The summed E-state index contributed by atoms with van der Waals surface area (Å²) in [5.41, 5.74) is 0.945. The van der Waals surface area contributed by atoms with Gasteiger partial charge in [0.05, 0.1) is 0 Å². The Bertz CT molecular complexity index is 502. The van der Waals surface area contributed by atoms with E-state index in [0.29, 0.717) is 12.2 Å². The molecule has 0 spiro atoms. The Balaban J connectivity index is 2.10. The summed E-state index contributed by atoms with van der Waals surface area (Å²) in [4.78, 5) is 11.7. The summed E-state index contributed by atoms with van der Waals surface area (Å²) in [5.74, 6) is 0.224. The van der Waals surface area contributed by atoms with Gasteiger partial charge in [0.25, 0.3) is 0 Å². The predicted molar refractivity (Wildman–Crippen MR) is 65.9 cm³/mol. The molecule has 0 aliphatic heterocycles. The van der Waals surface area contributed by atoms with Crippen LogP contribution >= 0.6 is 27.5 Å². The molecule has 0 fully saturated rings. The first kappa shape index (κ1) is 11.4. The van der Waals surface area contributed by atoms with Crippen molar-refractivity contribution >= 4 is 33.3 Å². The van der Waals surface area contributed by atoms with Crippen LogP contribution in [-0.2, 0) is 6.42 Å². The molecule has 0 saturated heterocycles. The fourth-order valence-electron chi connectivity index (χ4n) is 1.34. The number of hydrogen-bond acceptors (Lipinski definition) is 2. The van der Waals surface area contributed by atoms with Crippen molar-refractivity contribution in [3.63, 3.8) is 0 Å². The SMILES string of the molecule is O=C(Cc1ccc(Br)cc1)c1ccc(Cl)o1. The number of Topliss-reactive ketones (excluding diaryl/α,β-unsaturated/α-hetero) is 1. The first-order chi connectivity index (χ1) is 7.65. The van der Waals surface area contributed by atoms with Crippen molar-refractivity contribution < 1.29 is 9.21 Å². The van der Waals surface area contributed by atoms with Crippen LogP contribution in [0.1, 0.15) is 16.1 Å². The number of furan rings is 1. The minimum absolute atomic E-state index is 0.0748. The van der Waals surface area contributed by atoms with Crippen molar-refractivity contribution in [2.24, 2.45) is 0 Å². The number of hydrogen-bond donors (Lipinski definition) is 0. The summed E-state index contributed by atoms with van der Waals surface area (Å²) >= 11 is 8.94. The number of rotatable bonds is 3. The highest BCUT2D eigenvalue weighted by Crippen LogP contribution is 2.16. The van der Waals surface area contributed by atoms with Gasteiger partial charge in [-0.3, -0.25) is 4.79 Å². The van der Waals surface area contributed by atoms with Crippen LogP contribution in [0.15, 0.2) is 45.3 Å². The van der Waals surface area contributed by atoms with Crippen molar-refractivity contribution in [1.29, 1.82) is 0 Å². The van der Waals surface area contributed by atoms with Crippen LogP contribution in [0.5, 0.6) is 0 Å². The maximum absolute atomic E-state index is 11.7. The summed E-state index contributed by atoms with van der Waals surface area (Å²) in [5, 5.41) is 0.235. The third kappa shape index (κ3) is 2.74. The normalized spacial score (nSPS) is 10.4. The monoisotopic (exact) mass is 298 g/mol. The fraction of sp³-hybridized carbons (Fsp3) is 0.0833. The zero-order chi connectivity index (χ0) is 11.5. The summed E-state index contributed by atoms with van der Waals surface area (Å²) in [6.07, 6.45) is 0.317. The maximum Gasteiger partial charge on any atom is 0.202 e. The highest BCUT2D eigenvalue weighted by molar-refractivity contribution is 9.10. The van der Waals surface area contributed by atoms with E-state index < -0.39 is 0 Å². The van der Waals surface area contributed by atoms with E-state index in [2.05, 4.69) is 15.9 Å². The molecular weight excluding hydrogens is 291 g/mol. The van der Waals surface area contributed by atoms with Crippen LogP contribution in [0.25, 0.3) is 0 Å². The predicted octanol–water partition coefficient (Wildman–Crippen LogP) is 4.12. The van der Waals surface area contributed by atoms with E-state index in [1.807, 2.05) is 24.3 Å². The molecule has 82 valence electrons. The Morgan fingerprint density at radius 3 is 2.44 bits per heavy atom. The average molecular weight is 300 g/mol. The van der Waals surface area contributed by atoms with Gasteiger partial charge in [0.2, 0.25) is 5.78 Å². The van der Waals surface area contributed by atoms with Crippen molar-refractivity contribution in [3.8, 4) is 0 Å². The summed E-state index contributed by atoms with van der Waals surface area (Å²) < 4.78 is 6.04. The number of ketones is 1. The molecule has 0 aliphatic rings. The topological polar surface area (TPSA) is 30.2 Å². The molecule has 1 aromatic carbocycles. The van der Waals surface area contributed by atoms with Crippen molar-refractivity contribution in [2.45, 2.75) is 6.42 Å². The Hall–Kier alpha value is -1.06. The molecule has 1 aromatic heterocycles. The van der Waals surface area contributed by atoms with E-state index in [-0.39, 0.29) is 11.0 Å². The summed E-state index contributed by atoms with van der Waals surface area (Å²) in [6.45, 7) is 0. The van der Waals surface area contributed by atoms with Crippen LogP contribution in [0.2, 0.25) is 5.22 Å². The lowest BCUT2D eigenvalue weighted by Crippen LogP contribution is -2.01. The number of benzene rings is 1. The van der Waals surface area contributed by atoms with Crippen LogP contribution in [0.4, 0.5) is 0 Å². The van der Waals surface area contributed by atoms with E-state index in [9.17, 15) is 4.79 Å². The second kappa shape index (κ2) is 4.85. The quantitative estimate of drug-likeness (QED) is 0.798. The van der Waals surface area contributed by atoms with Gasteiger partial charge in [-0.05, 0) is 41.4 Å². The molecular formula is C12H8BrClO2. The van der Waals surface area contributed by atoms with Gasteiger partial charge in [-0.2, -0.15) is 0 Å². The maximum atomic E-state index is 11.7. The first-order valence-corrected chi connectivity index (χ1v) is 5.85. The lowest BCUT2D eigenvalue weighted by Gasteiger charge is -1.98. The molecule has 0 saturated carbocycles. The van der Waals surface area contributed by atoms with Gasteiger partial charge < -0.3 is 4.42 Å². The Kier molecular flexibility index (Phi) is 3.46. The summed E-state index contributed by atoms with van der Waals surface area (Å²) in [6, 6.07) is 10.7. The second-order valence-corrected chi connectivity index (χ2v) is 4.62. The molecule has 0 bridgehead atoms. The Labute approximate surface area is 106 Å². The van der Waals surface area contributed by atoms with E-state index >= 15 is 0 Å². The molecule has 0 aliphatic carbocycles. The van der Waals surface area contributed by atoms with Gasteiger partial charge in [0, 0.05) is 10.9 Å². The molecule has 2 rings (SSSR count). The van der Waals surface area contributed by atoms with Gasteiger partial charge in [-0.25, -0.2) is 0 Å². The molecule has 16 heavy (non-hydrogen) atoms.